The largest absolute Gasteiger partial charge is 0.496 e. The van der Waals surface area contributed by atoms with E-state index in [1.54, 1.807) is 14.2 Å². The van der Waals surface area contributed by atoms with Crippen molar-refractivity contribution in [1.82, 2.24) is 0 Å². The van der Waals surface area contributed by atoms with E-state index >= 15 is 0 Å². The summed E-state index contributed by atoms with van der Waals surface area (Å²) in [5.74, 6) is 3.64. The van der Waals surface area contributed by atoms with Crippen LogP contribution in [0.25, 0.3) is 0 Å². The monoisotopic (exact) mass is 351 g/mol. The molecule has 1 atom stereocenters. The number of methoxy groups -OCH3 is 2. The highest BCUT2D eigenvalue weighted by atomic mass is 16.5. The molecule has 0 bridgehead atoms. The predicted molar refractivity (Wildman–Crippen MR) is 105 cm³/mol. The van der Waals surface area contributed by atoms with Crippen molar-refractivity contribution in [2.75, 3.05) is 19.5 Å². The van der Waals surface area contributed by atoms with Crippen LogP contribution in [0.5, 0.6) is 17.2 Å². The van der Waals surface area contributed by atoms with Gasteiger partial charge in [0.2, 0.25) is 0 Å². The molecule has 1 aliphatic rings. The van der Waals surface area contributed by atoms with Gasteiger partial charge in [-0.25, -0.2) is 0 Å². The van der Waals surface area contributed by atoms with E-state index in [2.05, 4.69) is 24.4 Å². The molecule has 1 heterocycles. The molecule has 0 saturated heterocycles. The van der Waals surface area contributed by atoms with E-state index in [9.17, 15) is 0 Å². The Balaban J connectivity index is 1.86. The first-order chi connectivity index (χ1) is 12.7. The third-order valence-electron chi connectivity index (χ3n) is 4.57. The van der Waals surface area contributed by atoms with Crippen LogP contribution in [0.2, 0.25) is 0 Å². The van der Waals surface area contributed by atoms with Gasteiger partial charge in [-0.2, -0.15) is 0 Å². The number of allylic oxidation sites excluding steroid dienone is 4. The van der Waals surface area contributed by atoms with Gasteiger partial charge in [-0.1, -0.05) is 37.3 Å². The fourth-order valence-corrected chi connectivity index (χ4v) is 3.09. The Morgan fingerprint density at radius 2 is 1.88 bits per heavy atom. The molecule has 26 heavy (non-hydrogen) atoms. The average Bonchev–Trinajstić information content (AvgIpc) is 2.98. The maximum Gasteiger partial charge on any atom is 0.145 e. The van der Waals surface area contributed by atoms with Crippen molar-refractivity contribution in [2.24, 2.45) is 0 Å². The lowest BCUT2D eigenvalue weighted by Gasteiger charge is -2.15. The van der Waals surface area contributed by atoms with Crippen molar-refractivity contribution in [3.8, 4) is 17.2 Å². The molecule has 136 valence electrons. The number of nitrogens with one attached hydrogen (secondary N) is 1. The van der Waals surface area contributed by atoms with E-state index in [0.717, 1.165) is 39.8 Å². The molecule has 2 aromatic carbocycles. The van der Waals surface area contributed by atoms with Gasteiger partial charge in [-0.3, -0.25) is 0 Å². The van der Waals surface area contributed by atoms with Crippen LogP contribution in [0, 0.1) is 0 Å². The fourth-order valence-electron chi connectivity index (χ4n) is 3.09. The maximum atomic E-state index is 6.00. The van der Waals surface area contributed by atoms with Crippen LogP contribution in [0.3, 0.4) is 0 Å². The van der Waals surface area contributed by atoms with Gasteiger partial charge in [0.1, 0.15) is 23.0 Å². The van der Waals surface area contributed by atoms with E-state index in [1.807, 2.05) is 49.4 Å². The summed E-state index contributed by atoms with van der Waals surface area (Å²) in [7, 11) is 3.36. The third-order valence-corrected chi connectivity index (χ3v) is 4.57. The Hall–Kier alpha value is -2.88. The lowest BCUT2D eigenvalue weighted by Crippen LogP contribution is -2.03. The van der Waals surface area contributed by atoms with E-state index in [-0.39, 0.29) is 5.92 Å². The van der Waals surface area contributed by atoms with Gasteiger partial charge >= 0.3 is 0 Å². The highest BCUT2D eigenvalue weighted by molar-refractivity contribution is 5.65. The van der Waals surface area contributed by atoms with Crippen LogP contribution >= 0.6 is 0 Å². The number of anilines is 1. The van der Waals surface area contributed by atoms with Gasteiger partial charge < -0.3 is 19.5 Å². The lowest BCUT2D eigenvalue weighted by atomic mass is 9.99. The smallest absolute Gasteiger partial charge is 0.145 e. The fraction of sp³-hybridized carbons (Fsp3) is 0.273. The second kappa shape index (κ2) is 8.00. The van der Waals surface area contributed by atoms with E-state index in [4.69, 9.17) is 14.2 Å². The van der Waals surface area contributed by atoms with E-state index in [1.165, 1.54) is 0 Å². The zero-order valence-corrected chi connectivity index (χ0v) is 15.7. The minimum atomic E-state index is 0.207. The minimum Gasteiger partial charge on any atom is -0.496 e. The topological polar surface area (TPSA) is 39.7 Å². The van der Waals surface area contributed by atoms with Crippen LogP contribution in [-0.4, -0.2) is 14.2 Å². The molecule has 0 radical (unpaired) electrons. The Morgan fingerprint density at radius 1 is 1.12 bits per heavy atom. The molecule has 0 amide bonds. The number of para-hydroxylation sites is 1. The molecular weight excluding hydrogens is 326 g/mol. The standard InChI is InChI=1S/C22H25NO3/c1-5-6-10-19-15(2)17-12-18(22(25-4)13-21(17)26-19)23-14-16-9-7-8-11-20(16)24-3/h5-13,15,23H,14H2,1-4H3/b6-5-,19-10+. The summed E-state index contributed by atoms with van der Waals surface area (Å²) in [6, 6.07) is 12.1. The number of rotatable bonds is 6. The van der Waals surface area contributed by atoms with E-state index < -0.39 is 0 Å². The first-order valence-electron chi connectivity index (χ1n) is 8.76. The molecule has 2 aromatic rings. The predicted octanol–water partition coefficient (Wildman–Crippen LogP) is 5.27. The normalized spacial score (nSPS) is 17.2. The molecule has 0 saturated carbocycles. The van der Waals surface area contributed by atoms with Crippen molar-refractivity contribution in [2.45, 2.75) is 26.3 Å². The van der Waals surface area contributed by atoms with E-state index in [0.29, 0.717) is 6.54 Å². The van der Waals surface area contributed by atoms with Crippen LogP contribution in [0.15, 0.2) is 60.4 Å². The number of ether oxygens (including phenoxy) is 3. The summed E-state index contributed by atoms with van der Waals surface area (Å²) in [6.07, 6.45) is 6.00. The number of fused-ring (bicyclic) bond motifs is 1. The maximum absolute atomic E-state index is 6.00. The summed E-state index contributed by atoms with van der Waals surface area (Å²) < 4.78 is 17.0. The first kappa shape index (κ1) is 17.9. The summed E-state index contributed by atoms with van der Waals surface area (Å²) in [5, 5.41) is 3.47. The van der Waals surface area contributed by atoms with Gasteiger partial charge in [0, 0.05) is 29.7 Å². The highest BCUT2D eigenvalue weighted by Gasteiger charge is 2.27. The molecular formula is C22H25NO3. The Morgan fingerprint density at radius 3 is 2.62 bits per heavy atom. The number of benzene rings is 2. The molecule has 1 N–H and O–H groups in total. The molecule has 4 nitrogen and oxygen atoms in total. The minimum absolute atomic E-state index is 0.207. The Bertz CT molecular complexity index is 839. The lowest BCUT2D eigenvalue weighted by molar-refractivity contribution is 0.405. The van der Waals surface area contributed by atoms with Gasteiger partial charge in [0.05, 0.1) is 19.9 Å². The molecule has 0 fully saturated rings. The Labute approximate surface area is 155 Å². The zero-order chi connectivity index (χ0) is 18.5. The molecule has 0 spiro atoms. The number of hydrogen-bond donors (Lipinski definition) is 1. The van der Waals surface area contributed by atoms with Gasteiger partial charge in [-0.05, 0) is 25.1 Å². The SMILES string of the molecule is C/C=C\C=C1\Oc2cc(OC)c(NCc3ccccc3OC)cc2C1C. The second-order valence-electron chi connectivity index (χ2n) is 6.17. The van der Waals surface area contributed by atoms with Crippen LogP contribution in [0.1, 0.15) is 30.9 Å². The molecule has 4 heteroatoms. The summed E-state index contributed by atoms with van der Waals surface area (Å²) in [6.45, 7) is 4.79. The van der Waals surface area contributed by atoms with Crippen molar-refractivity contribution in [1.29, 1.82) is 0 Å². The average molecular weight is 351 g/mol. The molecule has 1 unspecified atom stereocenters. The van der Waals surface area contributed by atoms with Crippen LogP contribution in [0.4, 0.5) is 5.69 Å². The molecule has 1 aliphatic heterocycles. The number of hydrogen-bond acceptors (Lipinski definition) is 4. The van der Waals surface area contributed by atoms with Crippen molar-refractivity contribution >= 4 is 5.69 Å². The molecule has 0 aliphatic carbocycles. The summed E-state index contributed by atoms with van der Waals surface area (Å²) in [5.41, 5.74) is 3.19. The zero-order valence-electron chi connectivity index (χ0n) is 15.7. The third kappa shape index (κ3) is 3.54. The second-order valence-corrected chi connectivity index (χ2v) is 6.17. The summed E-state index contributed by atoms with van der Waals surface area (Å²) >= 11 is 0. The van der Waals surface area contributed by atoms with Gasteiger partial charge in [-0.15, -0.1) is 0 Å². The molecule has 0 aromatic heterocycles. The summed E-state index contributed by atoms with van der Waals surface area (Å²) in [4.78, 5) is 0. The van der Waals surface area contributed by atoms with Gasteiger partial charge in [0.15, 0.2) is 0 Å². The van der Waals surface area contributed by atoms with Gasteiger partial charge in [0.25, 0.3) is 0 Å². The van der Waals surface area contributed by atoms with Crippen molar-refractivity contribution < 1.29 is 14.2 Å². The van der Waals surface area contributed by atoms with Crippen LogP contribution < -0.4 is 19.5 Å². The molecule has 3 rings (SSSR count). The first-order valence-corrected chi connectivity index (χ1v) is 8.76. The quantitative estimate of drug-likeness (QED) is 0.769. The van der Waals surface area contributed by atoms with Crippen molar-refractivity contribution in [3.63, 3.8) is 0 Å². The van der Waals surface area contributed by atoms with Crippen LogP contribution in [-0.2, 0) is 6.54 Å². The van der Waals surface area contributed by atoms with Crippen molar-refractivity contribution in [3.05, 3.63) is 71.5 Å². The highest BCUT2D eigenvalue weighted by Crippen LogP contribution is 2.45. The Kier molecular flexibility index (Phi) is 5.52.